The van der Waals surface area contributed by atoms with Crippen molar-refractivity contribution in [2.45, 2.75) is 38.9 Å². The summed E-state index contributed by atoms with van der Waals surface area (Å²) in [5.74, 6) is -2.33. The van der Waals surface area contributed by atoms with Crippen molar-refractivity contribution in [3.8, 4) is 5.69 Å². The summed E-state index contributed by atoms with van der Waals surface area (Å²) in [4.78, 5) is 11.9. The first kappa shape index (κ1) is 18.3. The number of fused-ring (bicyclic) bond motifs is 1. The van der Waals surface area contributed by atoms with Crippen LogP contribution < -0.4 is 0 Å². The van der Waals surface area contributed by atoms with Gasteiger partial charge in [-0.15, -0.1) is 0 Å². The Morgan fingerprint density at radius 2 is 2.00 bits per heavy atom. The number of carboxylic acids is 1. The highest BCUT2D eigenvalue weighted by Gasteiger charge is 2.37. The van der Waals surface area contributed by atoms with Gasteiger partial charge in [-0.05, 0) is 30.5 Å². The maximum atomic E-state index is 14.3. The van der Waals surface area contributed by atoms with Gasteiger partial charge in [-0.3, -0.25) is 0 Å². The first-order valence-electron chi connectivity index (χ1n) is 8.37. The number of aromatic nitrogens is 2. The maximum Gasteiger partial charge on any atom is 0.356 e. The predicted octanol–water partition coefficient (Wildman–Crippen LogP) is 3.56. The Morgan fingerprint density at radius 1 is 1.31 bits per heavy atom. The summed E-state index contributed by atoms with van der Waals surface area (Å²) in [6.45, 7) is 3.68. The molecule has 1 aromatic heterocycles. The second-order valence-electron chi connectivity index (χ2n) is 6.11. The van der Waals surface area contributed by atoms with Crippen LogP contribution in [0.2, 0.25) is 0 Å². The van der Waals surface area contributed by atoms with Crippen molar-refractivity contribution in [3.05, 3.63) is 51.9 Å². The van der Waals surface area contributed by atoms with Gasteiger partial charge in [0.05, 0.1) is 16.4 Å². The van der Waals surface area contributed by atoms with Gasteiger partial charge in [0.25, 0.3) is 0 Å². The number of hydrogen-bond donors (Lipinski definition) is 1. The molecule has 1 aliphatic rings. The normalized spacial score (nSPS) is 15.8. The zero-order valence-corrected chi connectivity index (χ0v) is 15.3. The zero-order chi connectivity index (χ0) is 19.1. The van der Waals surface area contributed by atoms with Crippen LogP contribution in [0.4, 0.5) is 4.39 Å². The minimum absolute atomic E-state index is 0.0948. The lowest BCUT2D eigenvalue weighted by atomic mass is 10.0. The van der Waals surface area contributed by atoms with Crippen LogP contribution in [-0.2, 0) is 15.6 Å². The van der Waals surface area contributed by atoms with Gasteiger partial charge in [-0.1, -0.05) is 32.4 Å². The second-order valence-corrected chi connectivity index (χ2v) is 8.12. The monoisotopic (exact) mass is 378 g/mol. The topological polar surface area (TPSA) is 89.3 Å². The van der Waals surface area contributed by atoms with Crippen LogP contribution in [0.1, 0.15) is 54.9 Å². The fraction of sp³-hybridized carbons (Fsp3) is 0.333. The molecule has 1 aliphatic heterocycles. The third-order valence-corrected chi connectivity index (χ3v) is 6.30. The van der Waals surface area contributed by atoms with Crippen LogP contribution in [0.15, 0.2) is 29.2 Å². The number of halogens is 1. The van der Waals surface area contributed by atoms with Crippen LogP contribution in [0.25, 0.3) is 11.3 Å². The molecule has 0 atom stereocenters. The van der Waals surface area contributed by atoms with Gasteiger partial charge >= 0.3 is 5.97 Å². The summed E-state index contributed by atoms with van der Waals surface area (Å²) in [5.41, 5.74) is 0.757. The van der Waals surface area contributed by atoms with Crippen LogP contribution in [0.5, 0.6) is 0 Å². The molecule has 0 fully saturated rings. The van der Waals surface area contributed by atoms with E-state index in [4.69, 9.17) is 0 Å². The molecule has 8 heteroatoms. The summed E-state index contributed by atoms with van der Waals surface area (Å²) in [7, 11) is -3.63. The van der Waals surface area contributed by atoms with Crippen LogP contribution in [0, 0.1) is 5.82 Å². The number of allylic oxidation sites excluding steroid dienone is 2. The van der Waals surface area contributed by atoms with E-state index in [1.807, 2.05) is 6.92 Å². The molecule has 0 bridgehead atoms. The van der Waals surface area contributed by atoms with E-state index < -0.39 is 27.4 Å². The van der Waals surface area contributed by atoms with Crippen LogP contribution in [0.3, 0.4) is 0 Å². The third-order valence-electron chi connectivity index (χ3n) is 4.43. The molecule has 0 spiro atoms. The van der Waals surface area contributed by atoms with E-state index >= 15 is 0 Å². The molecular weight excluding hydrogens is 359 g/mol. The summed E-state index contributed by atoms with van der Waals surface area (Å²) in [6, 6.07) is 5.89. The summed E-state index contributed by atoms with van der Waals surface area (Å²) >= 11 is 0. The van der Waals surface area contributed by atoms with Gasteiger partial charge in [0.15, 0.2) is 15.5 Å². The molecule has 1 aromatic carbocycles. The molecule has 3 rings (SSSR count). The molecule has 26 heavy (non-hydrogen) atoms. The summed E-state index contributed by atoms with van der Waals surface area (Å²) in [6.07, 6.45) is 1.36. The number of para-hydroxylation sites is 1. The summed E-state index contributed by atoms with van der Waals surface area (Å²) in [5, 5.41) is 13.5. The van der Waals surface area contributed by atoms with Gasteiger partial charge in [0.2, 0.25) is 0 Å². The average Bonchev–Trinajstić information content (AvgIpc) is 2.94. The Hall–Kier alpha value is -2.48. The Balaban J connectivity index is 2.42. The van der Waals surface area contributed by atoms with Crippen molar-refractivity contribution in [2.75, 3.05) is 0 Å². The molecule has 138 valence electrons. The number of carbonyl (C=O) groups is 1. The number of nitrogens with zero attached hydrogens (tertiary/aromatic N) is 2. The van der Waals surface area contributed by atoms with Gasteiger partial charge in [0, 0.05) is 5.56 Å². The van der Waals surface area contributed by atoms with Gasteiger partial charge < -0.3 is 5.11 Å². The molecule has 0 unspecified atom stereocenters. The average molecular weight is 378 g/mol. The SMILES string of the molecule is CCCC1=C(CC)c2c(c(C(=O)O)nn2-c2ccccc2F)CS1(=O)=O. The largest absolute Gasteiger partial charge is 0.476 e. The van der Waals surface area contributed by atoms with E-state index in [-0.39, 0.29) is 16.9 Å². The van der Waals surface area contributed by atoms with E-state index in [1.54, 1.807) is 13.0 Å². The van der Waals surface area contributed by atoms with Gasteiger partial charge in [0.1, 0.15) is 11.5 Å². The Bertz CT molecular complexity index is 1020. The van der Waals surface area contributed by atoms with Crippen LogP contribution >= 0.6 is 0 Å². The number of hydrogen-bond acceptors (Lipinski definition) is 4. The lowest BCUT2D eigenvalue weighted by Crippen LogP contribution is -2.19. The molecule has 0 radical (unpaired) electrons. The molecule has 1 N–H and O–H groups in total. The third kappa shape index (κ3) is 2.84. The predicted molar refractivity (Wildman–Crippen MR) is 95.2 cm³/mol. The molecule has 0 aliphatic carbocycles. The molecule has 2 heterocycles. The highest BCUT2D eigenvalue weighted by atomic mass is 32.2. The quantitative estimate of drug-likeness (QED) is 0.859. The van der Waals surface area contributed by atoms with E-state index in [1.165, 1.54) is 22.9 Å². The number of rotatable bonds is 5. The van der Waals surface area contributed by atoms with Gasteiger partial charge in [-0.25, -0.2) is 22.3 Å². The number of carboxylic acid groups (broad SMARTS) is 1. The van der Waals surface area contributed by atoms with Crippen LogP contribution in [-0.4, -0.2) is 29.3 Å². The second kappa shape index (κ2) is 6.68. The molecule has 0 saturated carbocycles. The molecule has 0 saturated heterocycles. The molecular formula is C18H19FN2O4S. The first-order chi connectivity index (χ1) is 12.3. The number of sulfone groups is 1. The van der Waals surface area contributed by atoms with E-state index in [0.717, 1.165) is 0 Å². The first-order valence-corrected chi connectivity index (χ1v) is 10.0. The van der Waals surface area contributed by atoms with Crippen molar-refractivity contribution in [3.63, 3.8) is 0 Å². The van der Waals surface area contributed by atoms with Crippen molar-refractivity contribution in [2.24, 2.45) is 0 Å². The highest BCUT2D eigenvalue weighted by molar-refractivity contribution is 7.94. The molecule has 2 aromatic rings. The van der Waals surface area contributed by atoms with Gasteiger partial charge in [-0.2, -0.15) is 5.10 Å². The zero-order valence-electron chi connectivity index (χ0n) is 14.5. The van der Waals surface area contributed by atoms with Crippen molar-refractivity contribution >= 4 is 21.4 Å². The van der Waals surface area contributed by atoms with E-state index in [2.05, 4.69) is 5.10 Å². The van der Waals surface area contributed by atoms with Crippen molar-refractivity contribution in [1.29, 1.82) is 0 Å². The fourth-order valence-corrected chi connectivity index (χ4v) is 5.32. The molecule has 0 amide bonds. The van der Waals surface area contributed by atoms with Crippen molar-refractivity contribution < 1.29 is 22.7 Å². The number of benzene rings is 1. The number of aromatic carboxylic acids is 1. The Labute approximate surface area is 150 Å². The minimum Gasteiger partial charge on any atom is -0.476 e. The molecule has 6 nitrogen and oxygen atoms in total. The Morgan fingerprint density at radius 3 is 2.58 bits per heavy atom. The highest BCUT2D eigenvalue weighted by Crippen LogP contribution is 2.40. The fourth-order valence-electron chi connectivity index (χ4n) is 3.36. The lowest BCUT2D eigenvalue weighted by molar-refractivity contribution is 0.0689. The summed E-state index contributed by atoms with van der Waals surface area (Å²) < 4.78 is 41.0. The van der Waals surface area contributed by atoms with E-state index in [0.29, 0.717) is 35.4 Å². The standard InChI is InChI=1S/C18H19FN2O4S/c1-3-7-15-11(4-2)17-12(10-26(15,24)25)16(18(22)23)20-21(17)14-9-6-5-8-13(14)19/h5-6,8-9H,3-4,7,10H2,1-2H3,(H,22,23). The Kier molecular flexibility index (Phi) is 4.70. The minimum atomic E-state index is -3.63. The smallest absolute Gasteiger partial charge is 0.356 e. The maximum absolute atomic E-state index is 14.3. The lowest BCUT2D eigenvalue weighted by Gasteiger charge is -2.22. The van der Waals surface area contributed by atoms with E-state index in [9.17, 15) is 22.7 Å². The van der Waals surface area contributed by atoms with Crippen molar-refractivity contribution in [1.82, 2.24) is 9.78 Å².